The molecule has 0 unspecified atom stereocenters. The standard InChI is InChI=1S/C57H66N2O10.C44H54N10O12S/c1-34(2)27-48(59-57(66)41(28-38-16-21-43(60)22-17-38)30-49(62)36(4)13-15-37-11-9-8-10-12-37)50(63)31-42(29-39-18-23-44(61)24-19-39)56(65)58-47-26-25-45-46(33-51(47)64)35(3)14-20-40-32-52(67-5)54(68-6)55(69-7)53(40)45;1-48-37(60)13-12-33(58)31(4-3-16-50-42(47)64)54-39(62)23(22-55)18-34(59)32(5-2-15-49-41(45)46)53-38(61)14-17-51-43(67)52-24-6-9-28-27(19-24)40(63)66-44(28)29-10-7-25(56)20-35(29)65-36-21-26(57)8-11-30(36)44/h8-12,16-19,21-26,32-36,41-42,48,60-61H,13-15,20,27-31H2,1-7H3,(H,59,66)(H,58,64,65);6-11,19-21,23,31-32,55-57H,2-5,12-18,22H2,1H3,(H,48,60)(H,53,61)(H,54,62)(H4,45,46,49)(H3,47,50,64)(H2,51,52,67)/t35-,36-,41+,42+,48-;23-,31-,32-/m00/s1. The van der Waals surface area contributed by atoms with Crippen molar-refractivity contribution in [3.8, 4) is 62.9 Å². The number of aliphatic hydroxyl groups excluding tert-OH is 1. The molecule has 0 bridgehead atoms. The number of anilines is 2. The molecule has 1 aliphatic carbocycles. The summed E-state index contributed by atoms with van der Waals surface area (Å²) in [5.74, 6) is -6.81. The number of aliphatic hydroxyl groups is 1. The predicted octanol–water partition coefficient (Wildman–Crippen LogP) is 10.1. The molecule has 34 nitrogen and oxygen atoms in total. The van der Waals surface area contributed by atoms with Crippen molar-refractivity contribution in [1.29, 1.82) is 0 Å². The molecule has 722 valence electrons. The zero-order valence-corrected chi connectivity index (χ0v) is 78.1. The number of ether oxygens (including phenoxy) is 5. The van der Waals surface area contributed by atoms with Gasteiger partial charge in [-0.1, -0.05) is 94.4 Å². The number of urea groups is 1. The summed E-state index contributed by atoms with van der Waals surface area (Å²) in [4.78, 5) is 165. The zero-order chi connectivity index (χ0) is 98.6. The van der Waals surface area contributed by atoms with E-state index in [0.29, 0.717) is 64.5 Å². The number of carbonyl (C=O) groups is 11. The van der Waals surface area contributed by atoms with Gasteiger partial charge in [-0.25, -0.2) is 9.59 Å². The summed E-state index contributed by atoms with van der Waals surface area (Å²) in [7, 11) is 6.07. The minimum absolute atomic E-state index is 0.00188. The summed E-state index contributed by atoms with van der Waals surface area (Å²) in [6.07, 6.45) is 2.58. The number of aromatic hydroxyl groups is 4. The number of rotatable bonds is 45. The maximum atomic E-state index is 14.6. The summed E-state index contributed by atoms with van der Waals surface area (Å²) in [5.41, 5.74) is 22.0. The Morgan fingerprint density at radius 2 is 1.14 bits per heavy atom. The Morgan fingerprint density at radius 3 is 1.74 bits per heavy atom. The van der Waals surface area contributed by atoms with Crippen molar-refractivity contribution in [2.45, 2.75) is 166 Å². The number of nitrogens with two attached hydrogens (primary N) is 3. The van der Waals surface area contributed by atoms with E-state index in [-0.39, 0.29) is 183 Å². The van der Waals surface area contributed by atoms with E-state index < -0.39 is 113 Å². The number of methoxy groups -OCH3 is 3. The number of thiocarbonyl (C=S) groups is 1. The molecular formula is C101H120N12O22S. The Morgan fingerprint density at radius 1 is 0.559 bits per heavy atom. The fraction of sp³-hybridized carbons (Fsp3) is 0.386. The molecule has 0 aromatic heterocycles. The van der Waals surface area contributed by atoms with Crippen molar-refractivity contribution >= 4 is 99.3 Å². The number of ketones is 4. The second-order valence-electron chi connectivity index (χ2n) is 34.5. The molecule has 19 N–H and O–H groups in total. The van der Waals surface area contributed by atoms with E-state index in [9.17, 15) is 83.1 Å². The number of hydrogen-bond acceptors (Lipinski definition) is 24. The molecule has 0 radical (unpaired) electrons. The van der Waals surface area contributed by atoms with Crippen LogP contribution in [0, 0.1) is 29.6 Å². The van der Waals surface area contributed by atoms with E-state index >= 15 is 0 Å². The van der Waals surface area contributed by atoms with E-state index in [0.717, 1.165) is 39.8 Å². The Balaban J connectivity index is 0.000000281. The largest absolute Gasteiger partial charge is 0.508 e. The third kappa shape index (κ3) is 27.9. The van der Waals surface area contributed by atoms with Gasteiger partial charge in [0.1, 0.15) is 40.3 Å². The Bertz CT molecular complexity index is 5730. The van der Waals surface area contributed by atoms with Crippen LogP contribution in [0.5, 0.6) is 51.7 Å². The third-order valence-electron chi connectivity index (χ3n) is 24.2. The van der Waals surface area contributed by atoms with Gasteiger partial charge >= 0.3 is 12.0 Å². The average Bonchev–Trinajstić information content (AvgIpc) is 1.52. The molecule has 8 aromatic carbocycles. The number of guanidine groups is 1. The van der Waals surface area contributed by atoms with Crippen LogP contribution in [0.3, 0.4) is 0 Å². The summed E-state index contributed by atoms with van der Waals surface area (Å²) < 4.78 is 29.4. The number of aryl methyl sites for hydroxylation is 2. The van der Waals surface area contributed by atoms with Crippen molar-refractivity contribution in [3.63, 3.8) is 0 Å². The highest BCUT2D eigenvalue weighted by molar-refractivity contribution is 7.80. The molecule has 8 atom stereocenters. The minimum Gasteiger partial charge on any atom is -0.508 e. The normalized spacial score (nSPS) is 14.4. The van der Waals surface area contributed by atoms with Crippen LogP contribution in [0.4, 0.5) is 16.2 Å². The zero-order valence-electron chi connectivity index (χ0n) is 77.3. The number of hydrogen-bond donors (Lipinski definition) is 16. The number of carbonyl (C=O) groups excluding carboxylic acids is 11. The van der Waals surface area contributed by atoms with Crippen LogP contribution in [0.1, 0.15) is 172 Å². The first-order chi connectivity index (χ1) is 65.0. The van der Waals surface area contributed by atoms with Gasteiger partial charge in [0.05, 0.1) is 63.2 Å². The van der Waals surface area contributed by atoms with Crippen LogP contribution in [0.2, 0.25) is 0 Å². The molecule has 2 heterocycles. The summed E-state index contributed by atoms with van der Waals surface area (Å²) >= 11 is 5.47. The van der Waals surface area contributed by atoms with Crippen LogP contribution in [0.15, 0.2) is 168 Å². The number of aliphatic imine (C=N–C) groups is 1. The first-order valence-corrected chi connectivity index (χ1v) is 45.5. The lowest BCUT2D eigenvalue weighted by Crippen LogP contribution is -2.47. The number of benzene rings is 7. The summed E-state index contributed by atoms with van der Waals surface area (Å²) in [5, 5.41) is 72.5. The number of esters is 1. The number of fused-ring (bicyclic) bond motifs is 9. The molecule has 11 rings (SSSR count). The van der Waals surface area contributed by atoms with Crippen LogP contribution >= 0.6 is 12.2 Å². The quantitative estimate of drug-likeness (QED) is 0.00554. The van der Waals surface area contributed by atoms with E-state index in [1.165, 1.54) is 62.7 Å². The van der Waals surface area contributed by atoms with Gasteiger partial charge < -0.3 is 109 Å². The number of amides is 7. The molecule has 2 aliphatic heterocycles. The Labute approximate surface area is 793 Å². The Hall–Kier alpha value is -14.5. The number of phenolic OH excluding ortho intramolecular Hbond substituents is 4. The van der Waals surface area contributed by atoms with Gasteiger partial charge in [-0.15, -0.1) is 0 Å². The number of Topliss-reactive ketones (excluding diaryl/α,β-unsaturated/α-hetero) is 4. The second-order valence-corrected chi connectivity index (χ2v) is 34.9. The predicted molar refractivity (Wildman–Crippen MR) is 514 cm³/mol. The van der Waals surface area contributed by atoms with Gasteiger partial charge in [0.25, 0.3) is 0 Å². The van der Waals surface area contributed by atoms with E-state index in [1.54, 1.807) is 87.0 Å². The number of primary amides is 1. The molecule has 8 aromatic rings. The number of nitrogens with one attached hydrogen (secondary N) is 8. The molecule has 0 saturated heterocycles. The fourth-order valence-electron chi connectivity index (χ4n) is 16.9. The van der Waals surface area contributed by atoms with Crippen molar-refractivity contribution < 1.29 is 102 Å². The highest BCUT2D eigenvalue weighted by Gasteiger charge is 2.54. The van der Waals surface area contributed by atoms with E-state index in [2.05, 4.69) is 54.5 Å². The second kappa shape index (κ2) is 49.0. The smallest absolute Gasteiger partial charge is 0.340 e. The third-order valence-corrected chi connectivity index (χ3v) is 24.4. The van der Waals surface area contributed by atoms with Gasteiger partial charge in [0.15, 0.2) is 45.5 Å². The molecule has 0 fully saturated rings. The van der Waals surface area contributed by atoms with Gasteiger partial charge in [-0.2, -0.15) is 0 Å². The fourth-order valence-corrected chi connectivity index (χ4v) is 17.1. The van der Waals surface area contributed by atoms with Crippen molar-refractivity contribution in [3.05, 3.63) is 218 Å². The molecule has 35 heteroatoms. The van der Waals surface area contributed by atoms with Crippen molar-refractivity contribution in [1.82, 2.24) is 31.9 Å². The average molecular weight is 1890 g/mol. The summed E-state index contributed by atoms with van der Waals surface area (Å²) in [6, 6.07) is 39.4. The number of nitrogens with zero attached hydrogens (tertiary/aromatic N) is 1. The van der Waals surface area contributed by atoms with Crippen molar-refractivity contribution in [2.24, 2.45) is 51.8 Å². The molecule has 3 aliphatic rings. The van der Waals surface area contributed by atoms with Crippen LogP contribution in [-0.2, 0) is 79.2 Å². The summed E-state index contributed by atoms with van der Waals surface area (Å²) in [6.45, 7) is 7.26. The lowest BCUT2D eigenvalue weighted by atomic mass is 9.77. The Kier molecular flexibility index (Phi) is 37.3. The molecule has 7 amide bonds. The van der Waals surface area contributed by atoms with Gasteiger partial charge in [-0.3, -0.25) is 52.9 Å². The van der Waals surface area contributed by atoms with Crippen molar-refractivity contribution in [2.75, 3.05) is 65.3 Å². The topological polar surface area (TPSA) is 539 Å². The molecule has 136 heavy (non-hydrogen) atoms. The van der Waals surface area contributed by atoms with E-state index in [1.807, 2.05) is 57.2 Å². The maximum Gasteiger partial charge on any atom is 0.340 e. The molecule has 0 saturated carbocycles. The van der Waals surface area contributed by atoms with Crippen LogP contribution in [-0.4, -0.2) is 174 Å². The first-order valence-electron chi connectivity index (χ1n) is 45.1. The van der Waals surface area contributed by atoms with E-state index in [4.69, 9.17) is 53.1 Å². The minimum atomic E-state index is -1.46. The molecular weight excluding hydrogens is 1770 g/mol. The van der Waals surface area contributed by atoms with Gasteiger partial charge in [-0.05, 0) is 207 Å². The highest BCUT2D eigenvalue weighted by atomic mass is 32.1. The van der Waals surface area contributed by atoms with Crippen LogP contribution < -0.4 is 84.1 Å². The number of phenols is 4. The van der Waals surface area contributed by atoms with Crippen LogP contribution in [0.25, 0.3) is 11.1 Å². The van der Waals surface area contributed by atoms with Gasteiger partial charge in [0, 0.05) is 123 Å². The highest BCUT2D eigenvalue weighted by Crippen LogP contribution is 2.58. The first kappa shape index (κ1) is 104. The van der Waals surface area contributed by atoms with Gasteiger partial charge in [0.2, 0.25) is 40.7 Å². The lowest BCUT2D eigenvalue weighted by molar-refractivity contribution is -0.135. The monoisotopic (exact) mass is 1880 g/mol. The maximum absolute atomic E-state index is 14.6. The molecule has 1 spiro atoms. The lowest BCUT2D eigenvalue weighted by Gasteiger charge is -2.36. The SMILES string of the molecule is CNC(=O)CCC(=O)[C@H](CCCNC(N)=O)NC(=O)[C@H](CO)CC(=O)[C@H](CCCN=C(N)N)NC(=O)CCNC(=S)Nc1ccc2c(c1)C(=O)OC21c2ccc(O)cc2Oc2cc(O)ccc21.COc1cc2c(c(OC)c1OC)-c1ccc(NC(=O)[C@@H](CC(=O)[C@H](CC(C)C)NC(=O)[C@@H](CC(=O)[C@@H](C)CCc3ccccc3)Cc3ccc(O)cc3)Cc3ccc(O)cc3)c(=O)cc1[C@@H](C)CC2.